The van der Waals surface area contributed by atoms with Crippen LogP contribution in [0.1, 0.15) is 38.4 Å². The van der Waals surface area contributed by atoms with Crippen LogP contribution in [0.4, 0.5) is 0 Å². The van der Waals surface area contributed by atoms with Crippen LogP contribution in [0.25, 0.3) is 0 Å². The number of nitrogens with zero attached hydrogens (tertiary/aromatic N) is 4. The maximum absolute atomic E-state index is 12.7. The van der Waals surface area contributed by atoms with Crippen LogP contribution < -0.4 is 0 Å². The fourth-order valence-electron chi connectivity index (χ4n) is 4.48. The van der Waals surface area contributed by atoms with E-state index < -0.39 is 0 Å². The average molecular weight is 334 g/mol. The minimum absolute atomic E-state index is 0.0104. The van der Waals surface area contributed by atoms with E-state index in [0.29, 0.717) is 13.0 Å². The molecule has 2 aliphatic heterocycles. The molecule has 24 heavy (non-hydrogen) atoms. The third-order valence-corrected chi connectivity index (χ3v) is 6.05. The van der Waals surface area contributed by atoms with Crippen LogP contribution in [-0.2, 0) is 17.8 Å². The van der Waals surface area contributed by atoms with E-state index in [1.165, 1.54) is 0 Å². The van der Waals surface area contributed by atoms with Gasteiger partial charge in [0.2, 0.25) is 5.91 Å². The van der Waals surface area contributed by atoms with Gasteiger partial charge in [-0.2, -0.15) is 0 Å². The van der Waals surface area contributed by atoms with Gasteiger partial charge in [-0.15, -0.1) is 0 Å². The van der Waals surface area contributed by atoms with Gasteiger partial charge in [0, 0.05) is 56.3 Å². The van der Waals surface area contributed by atoms with Crippen LogP contribution >= 0.6 is 0 Å². The van der Waals surface area contributed by atoms with E-state index >= 15 is 0 Å². The number of rotatable bonds is 5. The van der Waals surface area contributed by atoms with Gasteiger partial charge in [0.05, 0.1) is 6.61 Å². The number of carbonyl (C=O) groups is 1. The Hall–Kier alpha value is -1.40. The van der Waals surface area contributed by atoms with Crippen LogP contribution in [0.3, 0.4) is 0 Å². The van der Waals surface area contributed by atoms with Gasteiger partial charge in [-0.3, -0.25) is 4.79 Å². The van der Waals surface area contributed by atoms with Crippen molar-refractivity contribution < 1.29 is 9.90 Å². The first kappa shape index (κ1) is 17.4. The number of likely N-dealkylation sites (tertiary alicyclic amines) is 2. The largest absolute Gasteiger partial charge is 0.396 e. The highest BCUT2D eigenvalue weighted by Crippen LogP contribution is 2.41. The van der Waals surface area contributed by atoms with Crippen molar-refractivity contribution in [2.24, 2.45) is 5.41 Å². The van der Waals surface area contributed by atoms with E-state index in [-0.39, 0.29) is 24.0 Å². The van der Waals surface area contributed by atoms with Crippen molar-refractivity contribution in [1.29, 1.82) is 0 Å². The Bertz CT molecular complexity index is 573. The van der Waals surface area contributed by atoms with Crippen molar-refractivity contribution in [2.45, 2.75) is 51.6 Å². The van der Waals surface area contributed by atoms with Crippen LogP contribution in [0, 0.1) is 5.41 Å². The summed E-state index contributed by atoms with van der Waals surface area (Å²) in [6, 6.07) is 0.286. The molecule has 0 unspecified atom stereocenters. The highest BCUT2D eigenvalue weighted by atomic mass is 16.3. The molecule has 3 rings (SSSR count). The Labute approximate surface area is 144 Å². The summed E-state index contributed by atoms with van der Waals surface area (Å²) < 4.78 is 2.08. The van der Waals surface area contributed by atoms with Crippen molar-refractivity contribution >= 4 is 5.91 Å². The molecule has 2 fully saturated rings. The minimum Gasteiger partial charge on any atom is -0.396 e. The lowest BCUT2D eigenvalue weighted by atomic mass is 9.69. The number of aliphatic hydroxyl groups is 1. The molecule has 2 saturated heterocycles. The highest BCUT2D eigenvalue weighted by Gasteiger charge is 2.47. The summed E-state index contributed by atoms with van der Waals surface area (Å²) >= 11 is 0. The molecule has 0 aliphatic carbocycles. The molecule has 1 aromatic rings. The Morgan fingerprint density at radius 3 is 3.00 bits per heavy atom. The number of aromatic nitrogens is 2. The van der Waals surface area contributed by atoms with E-state index in [1.54, 1.807) is 6.20 Å². The monoisotopic (exact) mass is 334 g/mol. The quantitative estimate of drug-likeness (QED) is 0.877. The predicted molar refractivity (Wildman–Crippen MR) is 92.6 cm³/mol. The van der Waals surface area contributed by atoms with E-state index in [2.05, 4.69) is 28.4 Å². The van der Waals surface area contributed by atoms with E-state index in [0.717, 1.165) is 51.1 Å². The van der Waals surface area contributed by atoms with Crippen molar-refractivity contribution in [1.82, 2.24) is 19.4 Å². The summed E-state index contributed by atoms with van der Waals surface area (Å²) in [6.45, 7) is 5.60. The zero-order valence-electron chi connectivity index (χ0n) is 14.9. The average Bonchev–Trinajstić information content (AvgIpc) is 3.07. The van der Waals surface area contributed by atoms with E-state index in [9.17, 15) is 9.90 Å². The number of imidazole rings is 1. The second-order valence-corrected chi connectivity index (χ2v) is 7.35. The number of fused-ring (bicyclic) bond motifs is 1. The second-order valence-electron chi connectivity index (χ2n) is 7.35. The molecule has 1 N–H and O–H groups in total. The molecule has 0 spiro atoms. The molecule has 1 aromatic heterocycles. The normalized spacial score (nSPS) is 28.0. The molecule has 0 bridgehead atoms. The minimum atomic E-state index is -0.0104. The predicted octanol–water partition coefficient (Wildman–Crippen LogP) is 1.14. The van der Waals surface area contributed by atoms with E-state index in [4.69, 9.17) is 0 Å². The first-order valence-electron chi connectivity index (χ1n) is 9.18. The number of hydrogen-bond donors (Lipinski definition) is 1. The van der Waals surface area contributed by atoms with Gasteiger partial charge in [-0.05, 0) is 32.9 Å². The van der Waals surface area contributed by atoms with Gasteiger partial charge < -0.3 is 19.5 Å². The standard InChI is InChI=1S/C18H30N4O2/c1-3-16-19-8-12-21(16)10-5-17(24)22-11-7-18(14-23)6-4-9-20(2)15(18)13-22/h8,12,15,23H,3-7,9-11,13-14H2,1-2H3/t15-,18-/m1/s1. The van der Waals surface area contributed by atoms with Crippen LogP contribution in [0.2, 0.25) is 0 Å². The van der Waals surface area contributed by atoms with Crippen molar-refractivity contribution in [3.8, 4) is 0 Å². The summed E-state index contributed by atoms with van der Waals surface area (Å²) in [6.07, 6.45) is 8.29. The number of amides is 1. The lowest BCUT2D eigenvalue weighted by molar-refractivity contribution is -0.140. The number of piperidine rings is 2. The van der Waals surface area contributed by atoms with Gasteiger partial charge in [0.15, 0.2) is 0 Å². The van der Waals surface area contributed by atoms with Crippen molar-refractivity contribution in [3.05, 3.63) is 18.2 Å². The lowest BCUT2D eigenvalue weighted by Gasteiger charge is -2.53. The maximum Gasteiger partial charge on any atom is 0.224 e. The maximum atomic E-state index is 12.7. The molecule has 6 heteroatoms. The molecular formula is C18H30N4O2. The van der Waals surface area contributed by atoms with Gasteiger partial charge in [-0.25, -0.2) is 4.98 Å². The summed E-state index contributed by atoms with van der Waals surface area (Å²) in [5.74, 6) is 1.25. The Morgan fingerprint density at radius 1 is 1.42 bits per heavy atom. The first-order chi connectivity index (χ1) is 11.6. The third kappa shape index (κ3) is 3.22. The highest BCUT2D eigenvalue weighted by molar-refractivity contribution is 5.76. The van der Waals surface area contributed by atoms with Crippen LogP contribution in [0.5, 0.6) is 0 Å². The van der Waals surface area contributed by atoms with Gasteiger partial charge in [0.25, 0.3) is 0 Å². The number of aliphatic hydroxyl groups excluding tert-OH is 1. The topological polar surface area (TPSA) is 61.6 Å². The number of hydrogen-bond acceptors (Lipinski definition) is 4. The van der Waals surface area contributed by atoms with E-state index in [1.807, 2.05) is 11.1 Å². The Kier molecular flexibility index (Phi) is 5.25. The SMILES string of the molecule is CCc1nccn1CCC(=O)N1CC[C@@]2(CO)CCCN(C)[C@@H]2C1. The van der Waals surface area contributed by atoms with Crippen LogP contribution in [-0.4, -0.2) is 69.7 Å². The van der Waals surface area contributed by atoms with Crippen molar-refractivity contribution in [3.63, 3.8) is 0 Å². The molecular weight excluding hydrogens is 304 g/mol. The summed E-state index contributed by atoms with van der Waals surface area (Å²) in [5.41, 5.74) is -0.0104. The molecule has 1 amide bonds. The van der Waals surface area contributed by atoms with Crippen LogP contribution in [0.15, 0.2) is 12.4 Å². The summed E-state index contributed by atoms with van der Waals surface area (Å²) in [7, 11) is 2.13. The molecule has 0 aromatic carbocycles. The Balaban J connectivity index is 1.60. The molecule has 2 atom stereocenters. The zero-order chi connectivity index (χ0) is 17.2. The summed E-state index contributed by atoms with van der Waals surface area (Å²) in [5, 5.41) is 9.97. The number of carbonyl (C=O) groups excluding carboxylic acids is 1. The first-order valence-corrected chi connectivity index (χ1v) is 9.18. The smallest absolute Gasteiger partial charge is 0.224 e. The number of likely N-dealkylation sites (N-methyl/N-ethyl adjacent to an activating group) is 1. The molecule has 0 radical (unpaired) electrons. The van der Waals surface area contributed by atoms with Gasteiger partial charge in [0.1, 0.15) is 5.82 Å². The van der Waals surface area contributed by atoms with Gasteiger partial charge in [-0.1, -0.05) is 6.92 Å². The summed E-state index contributed by atoms with van der Waals surface area (Å²) in [4.78, 5) is 21.3. The number of aryl methyl sites for hydroxylation is 2. The fraction of sp³-hybridized carbons (Fsp3) is 0.778. The second kappa shape index (κ2) is 7.23. The van der Waals surface area contributed by atoms with Gasteiger partial charge >= 0.3 is 0 Å². The fourth-order valence-corrected chi connectivity index (χ4v) is 4.48. The third-order valence-electron chi connectivity index (χ3n) is 6.05. The molecule has 2 aliphatic rings. The molecule has 6 nitrogen and oxygen atoms in total. The molecule has 3 heterocycles. The zero-order valence-corrected chi connectivity index (χ0v) is 14.9. The Morgan fingerprint density at radius 2 is 2.25 bits per heavy atom. The molecule has 134 valence electrons. The van der Waals surface area contributed by atoms with Crippen molar-refractivity contribution in [2.75, 3.05) is 33.3 Å². The molecule has 0 saturated carbocycles. The lowest BCUT2D eigenvalue weighted by Crippen LogP contribution is -2.62.